The van der Waals surface area contributed by atoms with Crippen LogP contribution in [0.1, 0.15) is 161 Å². The average molecular weight is 879 g/mol. The van der Waals surface area contributed by atoms with Gasteiger partial charge in [-0.1, -0.05) is 65.5 Å². The molecule has 354 valence electrons. The van der Waals surface area contributed by atoms with Gasteiger partial charge in [0.25, 0.3) is 0 Å². The number of carbonyl (C=O) groups excluding carboxylic acids is 1. The zero-order chi connectivity index (χ0) is 45.1. The Bertz CT molecular complexity index is 1330. The zero-order valence-electron chi connectivity index (χ0n) is 41.6. The molecule has 4 aliphatic carbocycles. The molecule has 0 bridgehead atoms. The number of ether oxygens (including phenoxy) is 4. The molecular weight excluding hydrogens is 786 g/mol. The molecule has 0 saturated heterocycles. The third kappa shape index (κ3) is 15.8. The fourth-order valence-electron chi connectivity index (χ4n) is 12.0. The summed E-state index contributed by atoms with van der Waals surface area (Å²) in [6.45, 7) is 28.1. The van der Waals surface area contributed by atoms with Crippen molar-refractivity contribution in [2.75, 3.05) is 65.9 Å². The number of rotatable bonds is 30. The van der Waals surface area contributed by atoms with Gasteiger partial charge >= 0.3 is 8.53 Å². The first-order valence-electron chi connectivity index (χ1n) is 25.4. The molecule has 0 aromatic carbocycles. The Balaban J connectivity index is 1.01. The van der Waals surface area contributed by atoms with Gasteiger partial charge in [-0.05, 0) is 152 Å². The van der Waals surface area contributed by atoms with Crippen molar-refractivity contribution in [1.82, 2.24) is 9.99 Å². The van der Waals surface area contributed by atoms with Crippen LogP contribution in [-0.4, -0.2) is 101 Å². The lowest BCUT2D eigenvalue weighted by atomic mass is 9.46. The van der Waals surface area contributed by atoms with Gasteiger partial charge < -0.3 is 33.3 Å². The molecule has 3 saturated carbocycles. The number of nitrogens with zero attached hydrogens (tertiary/aromatic N) is 2. The van der Waals surface area contributed by atoms with Gasteiger partial charge in [0, 0.05) is 39.6 Å². The maximum Gasteiger partial charge on any atom is 0.322 e. The van der Waals surface area contributed by atoms with E-state index in [1.54, 1.807) is 5.57 Å². The largest absolute Gasteiger partial charge is 0.425 e. The Morgan fingerprint density at radius 1 is 0.902 bits per heavy atom. The Morgan fingerprint density at radius 3 is 2.25 bits per heavy atom. The molecule has 0 spiro atoms. The van der Waals surface area contributed by atoms with Crippen LogP contribution in [0.25, 0.3) is 0 Å². The van der Waals surface area contributed by atoms with E-state index in [4.69, 9.17) is 29.4 Å². The van der Waals surface area contributed by atoms with Crippen LogP contribution in [0.4, 0.5) is 0 Å². The van der Waals surface area contributed by atoms with Crippen LogP contribution < -0.4 is 5.32 Å². The van der Waals surface area contributed by atoms with E-state index in [0.717, 1.165) is 48.3 Å². The fraction of sp³-hybridized carbons (Fsp3) is 0.920. The fourth-order valence-corrected chi connectivity index (χ4v) is 13.4. The minimum atomic E-state index is -1.41. The molecule has 1 amide bonds. The quantitative estimate of drug-likeness (QED) is 0.0250. The van der Waals surface area contributed by atoms with E-state index in [-0.39, 0.29) is 24.9 Å². The summed E-state index contributed by atoms with van der Waals surface area (Å²) in [4.78, 5) is 17.2. The van der Waals surface area contributed by atoms with Gasteiger partial charge in [0.15, 0.2) is 6.40 Å². The molecule has 1 N–H and O–H groups in total. The molecule has 0 aromatic rings. The van der Waals surface area contributed by atoms with E-state index in [9.17, 15) is 4.79 Å². The third-order valence-electron chi connectivity index (χ3n) is 15.0. The monoisotopic (exact) mass is 879 g/mol. The minimum absolute atomic E-state index is 0.0704. The number of carbonyl (C=O) groups is 1. The first kappa shape index (κ1) is 50.9. The van der Waals surface area contributed by atoms with Gasteiger partial charge in [0.1, 0.15) is 0 Å². The molecule has 10 nitrogen and oxygen atoms in total. The second kappa shape index (κ2) is 26.7. The third-order valence-corrected chi connectivity index (χ3v) is 17.0. The van der Waals surface area contributed by atoms with Crippen molar-refractivity contribution in [2.24, 2.45) is 57.2 Å². The predicted octanol–water partition coefficient (Wildman–Crippen LogP) is 11.4. The van der Waals surface area contributed by atoms with Crippen molar-refractivity contribution >= 4 is 20.8 Å². The van der Waals surface area contributed by atoms with Crippen molar-refractivity contribution in [3.63, 3.8) is 0 Å². The van der Waals surface area contributed by atoms with Crippen LogP contribution in [0.15, 0.2) is 16.6 Å². The normalized spacial score (nSPS) is 29.4. The molecule has 0 aromatic heterocycles. The number of aliphatic imine (C=N–C) groups is 1. The average Bonchev–Trinajstić information content (AvgIpc) is 3.58. The summed E-state index contributed by atoms with van der Waals surface area (Å²) in [5, 5.41) is 3.17. The van der Waals surface area contributed by atoms with Crippen LogP contribution in [0, 0.1) is 52.3 Å². The highest BCUT2D eigenvalue weighted by molar-refractivity contribution is 7.45. The number of amides is 1. The maximum absolute atomic E-state index is 13.0. The lowest BCUT2D eigenvalue weighted by molar-refractivity contribution is -0.122. The van der Waals surface area contributed by atoms with E-state index in [0.29, 0.717) is 89.1 Å². The van der Waals surface area contributed by atoms with E-state index >= 15 is 0 Å². The Morgan fingerprint density at radius 2 is 1.59 bits per heavy atom. The highest BCUT2D eigenvalue weighted by Crippen LogP contribution is 2.67. The van der Waals surface area contributed by atoms with Crippen molar-refractivity contribution in [1.29, 1.82) is 0 Å². The second-order valence-corrected chi connectivity index (χ2v) is 21.8. The number of allylic oxidation sites excluding steroid dienone is 2. The topological polar surface area (TPSA) is 100 Å². The number of fused-ring (bicyclic) bond motifs is 5. The smallest absolute Gasteiger partial charge is 0.322 e. The highest BCUT2D eigenvalue weighted by Gasteiger charge is 2.59. The minimum Gasteiger partial charge on any atom is -0.425 e. The van der Waals surface area contributed by atoms with Crippen molar-refractivity contribution in [3.8, 4) is 0 Å². The molecule has 3 fully saturated rings. The van der Waals surface area contributed by atoms with E-state index in [1.807, 2.05) is 6.92 Å². The highest BCUT2D eigenvalue weighted by atomic mass is 31.2. The summed E-state index contributed by atoms with van der Waals surface area (Å²) in [6.07, 6.45) is 19.9. The molecule has 0 aliphatic heterocycles. The lowest BCUT2D eigenvalue weighted by Crippen LogP contribution is -2.50. The molecule has 61 heavy (non-hydrogen) atoms. The summed E-state index contributed by atoms with van der Waals surface area (Å²) in [5.41, 5.74) is 2.55. The molecular formula is C50H92N3O7P. The van der Waals surface area contributed by atoms with Gasteiger partial charge in [0.2, 0.25) is 5.91 Å². The molecule has 10 atom stereocenters. The van der Waals surface area contributed by atoms with Gasteiger partial charge in [-0.2, -0.15) is 0 Å². The van der Waals surface area contributed by atoms with E-state index in [2.05, 4.69) is 83.4 Å². The standard InChI is InChI=1S/C50H92N3O7P/c1-12-51-36-59-61(53(38(4)5)39(6)7)60-41(9)35-58-32-31-57-30-29-56-28-27-55-26-14-25-52-48(54)34-42-21-23-49(10)43(33-42)17-18-44-46-20-19-45(40(8)16-13-15-37(2)3)50(46,11)24-22-47(44)49/h17,36-42,44-47H,12-16,18-35H2,1-11H3,(H,52,54)/t40-,41?,42+,44?,45?,46?,47?,49+,50-,61?/m1/s1/i9D. The van der Waals surface area contributed by atoms with Crippen LogP contribution in [0.3, 0.4) is 0 Å². The van der Waals surface area contributed by atoms with Crippen molar-refractivity contribution < 1.29 is 34.2 Å². The van der Waals surface area contributed by atoms with Gasteiger partial charge in [-0.15, -0.1) is 0 Å². The van der Waals surface area contributed by atoms with Crippen molar-refractivity contribution in [3.05, 3.63) is 11.6 Å². The van der Waals surface area contributed by atoms with Crippen LogP contribution in [0.5, 0.6) is 0 Å². The Kier molecular flexibility index (Phi) is 22.3. The van der Waals surface area contributed by atoms with E-state index in [1.165, 1.54) is 70.6 Å². The number of hydrogen-bond donors (Lipinski definition) is 1. The Labute approximate surface area is 376 Å². The lowest BCUT2D eigenvalue weighted by Gasteiger charge is -2.58. The number of hydrogen-bond acceptors (Lipinski definition) is 9. The summed E-state index contributed by atoms with van der Waals surface area (Å²) in [7, 11) is -1.41. The molecule has 4 rings (SSSR count). The molecule has 4 aliphatic rings. The summed E-state index contributed by atoms with van der Waals surface area (Å²) < 4.78 is 45.1. The van der Waals surface area contributed by atoms with Gasteiger partial charge in [-0.3, -0.25) is 9.79 Å². The summed E-state index contributed by atoms with van der Waals surface area (Å²) in [6, 6.07) is 0.434. The molecule has 0 heterocycles. The van der Waals surface area contributed by atoms with E-state index < -0.39 is 14.6 Å². The number of nitrogens with one attached hydrogen (secondary N) is 1. The second-order valence-electron chi connectivity index (χ2n) is 20.5. The van der Waals surface area contributed by atoms with Crippen LogP contribution in [-0.2, 0) is 32.8 Å². The van der Waals surface area contributed by atoms with Gasteiger partial charge in [0.05, 0.1) is 52.4 Å². The summed E-state index contributed by atoms with van der Waals surface area (Å²) >= 11 is 0. The van der Waals surface area contributed by atoms with Crippen LogP contribution in [0.2, 0.25) is 0 Å². The Hall–Kier alpha value is -1.13. The first-order valence-corrected chi connectivity index (χ1v) is 25.8. The molecule has 6 unspecified atom stereocenters. The van der Waals surface area contributed by atoms with Gasteiger partial charge in [-0.25, -0.2) is 4.67 Å². The van der Waals surface area contributed by atoms with Crippen molar-refractivity contribution in [2.45, 2.75) is 178 Å². The molecule has 0 radical (unpaired) electrons. The molecule has 11 heteroatoms. The maximum atomic E-state index is 13.0. The van der Waals surface area contributed by atoms with Crippen LogP contribution >= 0.6 is 8.53 Å². The SMILES string of the molecule is [2H]CC(COCCOCCOCCOCCCNC(=O)C[C@H]1CC[C@@]2(C)C(=CCC3C4CCC([C@H](C)CCCC(C)C)[C@@]4(C)CCC32)C1)OP(OC=NCC)N(C(C)C)C(C)C. The zero-order valence-corrected chi connectivity index (χ0v) is 41.5. The summed E-state index contributed by atoms with van der Waals surface area (Å²) in [5.74, 6) is 5.81. The predicted molar refractivity (Wildman–Crippen MR) is 252 cm³/mol. The first-order chi connectivity index (χ1) is 29.7.